The van der Waals surface area contributed by atoms with Crippen LogP contribution >= 0.6 is 0 Å². The van der Waals surface area contributed by atoms with Gasteiger partial charge in [-0.05, 0) is 11.6 Å². The second-order valence-corrected chi connectivity index (χ2v) is 2.98. The number of nitriles is 2. The molecule has 2 N–H and O–H groups in total. The number of alkyl halides is 2. The van der Waals surface area contributed by atoms with E-state index in [1.54, 1.807) is 6.07 Å². The summed E-state index contributed by atoms with van der Waals surface area (Å²) in [5.41, 5.74) is 5.23. The smallest absolute Gasteiger partial charge is 0.266 e. The number of hydrogen-bond donors (Lipinski definition) is 1. The average Bonchev–Trinajstić information content (AvgIpc) is 2.28. The van der Waals surface area contributed by atoms with Crippen LogP contribution in [0.4, 0.5) is 8.78 Å². The molecule has 0 saturated carbocycles. The van der Waals surface area contributed by atoms with E-state index in [1.165, 1.54) is 0 Å². The minimum absolute atomic E-state index is 0.00914. The Balaban J connectivity index is 3.37. The number of rotatable bonds is 3. The Hall–Kier alpha value is -2.05. The maximum absolute atomic E-state index is 12.6. The highest BCUT2D eigenvalue weighted by Gasteiger charge is 2.17. The van der Waals surface area contributed by atoms with Gasteiger partial charge in [0.1, 0.15) is 11.8 Å². The molecule has 1 heterocycles. The van der Waals surface area contributed by atoms with Gasteiger partial charge in [-0.3, -0.25) is 0 Å². The standard InChI is InChI=1S/C10H8F2N4/c11-10(12)7-3-6(1-2-13)8(4-14)16-9(7)5-15/h3,10H,1,4,14H2. The third-order valence-electron chi connectivity index (χ3n) is 2.02. The molecule has 1 rings (SSSR count). The predicted molar refractivity (Wildman–Crippen MR) is 51.1 cm³/mol. The Labute approximate surface area is 90.9 Å². The van der Waals surface area contributed by atoms with Gasteiger partial charge in [0.05, 0.1) is 23.7 Å². The number of nitrogens with two attached hydrogens (primary N) is 1. The van der Waals surface area contributed by atoms with Crippen molar-refractivity contribution in [1.29, 1.82) is 10.5 Å². The molecule has 0 radical (unpaired) electrons. The van der Waals surface area contributed by atoms with Gasteiger partial charge in [-0.1, -0.05) is 0 Å². The summed E-state index contributed by atoms with van der Waals surface area (Å²) in [5.74, 6) is 0. The highest BCUT2D eigenvalue weighted by atomic mass is 19.3. The van der Waals surface area contributed by atoms with Gasteiger partial charge in [0.25, 0.3) is 6.43 Å². The van der Waals surface area contributed by atoms with Crippen LogP contribution in [0.2, 0.25) is 0 Å². The van der Waals surface area contributed by atoms with Gasteiger partial charge < -0.3 is 5.73 Å². The Morgan fingerprint density at radius 3 is 2.56 bits per heavy atom. The molecule has 0 aromatic carbocycles. The zero-order valence-corrected chi connectivity index (χ0v) is 8.24. The van der Waals surface area contributed by atoms with Crippen LogP contribution in [-0.4, -0.2) is 4.98 Å². The van der Waals surface area contributed by atoms with E-state index in [9.17, 15) is 8.78 Å². The van der Waals surface area contributed by atoms with Crippen molar-refractivity contribution in [3.05, 3.63) is 28.6 Å². The molecule has 0 spiro atoms. The maximum atomic E-state index is 12.6. The molecule has 0 saturated heterocycles. The molecule has 0 aliphatic rings. The summed E-state index contributed by atoms with van der Waals surface area (Å²) in [4.78, 5) is 3.73. The lowest BCUT2D eigenvalue weighted by atomic mass is 10.1. The van der Waals surface area contributed by atoms with Gasteiger partial charge in [0.15, 0.2) is 0 Å². The minimum atomic E-state index is -2.79. The summed E-state index contributed by atoms with van der Waals surface area (Å²) in [7, 11) is 0. The van der Waals surface area contributed by atoms with Gasteiger partial charge in [0, 0.05) is 6.54 Å². The second-order valence-electron chi connectivity index (χ2n) is 2.98. The summed E-state index contributed by atoms with van der Waals surface area (Å²) in [6.45, 7) is 0.00914. The first-order valence-corrected chi connectivity index (χ1v) is 4.42. The number of halogens is 2. The summed E-state index contributed by atoms with van der Waals surface area (Å²) in [6.07, 6.45) is -2.84. The number of nitrogens with zero attached hydrogens (tertiary/aromatic N) is 3. The quantitative estimate of drug-likeness (QED) is 0.837. The lowest BCUT2D eigenvalue weighted by Gasteiger charge is -2.08. The Morgan fingerprint density at radius 1 is 1.44 bits per heavy atom. The highest BCUT2D eigenvalue weighted by Crippen LogP contribution is 2.24. The molecule has 0 amide bonds. The zero-order valence-electron chi connectivity index (χ0n) is 8.24. The number of aromatic nitrogens is 1. The van der Waals surface area contributed by atoms with Gasteiger partial charge in [-0.25, -0.2) is 13.8 Å². The van der Waals surface area contributed by atoms with Crippen molar-refractivity contribution < 1.29 is 8.78 Å². The molecular weight excluding hydrogens is 214 g/mol. The molecule has 16 heavy (non-hydrogen) atoms. The minimum Gasteiger partial charge on any atom is -0.325 e. The van der Waals surface area contributed by atoms with E-state index >= 15 is 0 Å². The molecule has 0 unspecified atom stereocenters. The first kappa shape index (κ1) is 12.0. The largest absolute Gasteiger partial charge is 0.325 e. The van der Waals surface area contributed by atoms with Crippen LogP contribution in [0.15, 0.2) is 6.07 Å². The Morgan fingerprint density at radius 2 is 2.12 bits per heavy atom. The second kappa shape index (κ2) is 5.15. The molecule has 0 fully saturated rings. The van der Waals surface area contributed by atoms with Crippen LogP contribution in [0, 0.1) is 22.7 Å². The molecule has 4 nitrogen and oxygen atoms in total. The third kappa shape index (κ3) is 2.30. The average molecular weight is 222 g/mol. The number of pyridine rings is 1. The van der Waals surface area contributed by atoms with E-state index < -0.39 is 12.0 Å². The van der Waals surface area contributed by atoms with Crippen LogP contribution in [0.5, 0.6) is 0 Å². The fourth-order valence-corrected chi connectivity index (χ4v) is 1.28. The molecule has 1 aromatic heterocycles. The summed E-state index contributed by atoms with van der Waals surface area (Å²) in [5, 5.41) is 17.2. The lowest BCUT2D eigenvalue weighted by Crippen LogP contribution is -2.08. The van der Waals surface area contributed by atoms with Crippen molar-refractivity contribution in [1.82, 2.24) is 4.98 Å². The lowest BCUT2D eigenvalue weighted by molar-refractivity contribution is 0.150. The van der Waals surface area contributed by atoms with E-state index in [1.807, 2.05) is 6.07 Å². The maximum Gasteiger partial charge on any atom is 0.266 e. The molecule has 0 aliphatic heterocycles. The van der Waals surface area contributed by atoms with Crippen LogP contribution < -0.4 is 5.73 Å². The Bertz CT molecular complexity index is 471. The van der Waals surface area contributed by atoms with E-state index in [-0.39, 0.29) is 18.7 Å². The van der Waals surface area contributed by atoms with Crippen molar-refractivity contribution in [2.24, 2.45) is 5.73 Å². The molecule has 0 aliphatic carbocycles. The topological polar surface area (TPSA) is 86.5 Å². The first-order chi connectivity index (χ1) is 7.63. The zero-order chi connectivity index (χ0) is 12.1. The van der Waals surface area contributed by atoms with Crippen LogP contribution in [-0.2, 0) is 13.0 Å². The number of hydrogen-bond acceptors (Lipinski definition) is 4. The normalized spacial score (nSPS) is 9.88. The van der Waals surface area contributed by atoms with Crippen molar-refractivity contribution in [3.63, 3.8) is 0 Å². The fourth-order valence-electron chi connectivity index (χ4n) is 1.28. The van der Waals surface area contributed by atoms with Gasteiger partial charge >= 0.3 is 0 Å². The van der Waals surface area contributed by atoms with Gasteiger partial charge in [-0.15, -0.1) is 0 Å². The Kier molecular flexibility index (Phi) is 3.87. The highest BCUT2D eigenvalue weighted by molar-refractivity contribution is 5.39. The predicted octanol–water partition coefficient (Wildman–Crippen LogP) is 1.42. The summed E-state index contributed by atoms with van der Waals surface area (Å²) >= 11 is 0. The van der Waals surface area contributed by atoms with E-state index in [2.05, 4.69) is 4.98 Å². The fraction of sp³-hybridized carbons (Fsp3) is 0.300. The molecule has 0 bridgehead atoms. The van der Waals surface area contributed by atoms with Crippen molar-refractivity contribution >= 4 is 0 Å². The van der Waals surface area contributed by atoms with Crippen LogP contribution in [0.3, 0.4) is 0 Å². The molecular formula is C10H8F2N4. The molecule has 6 heteroatoms. The summed E-state index contributed by atoms with van der Waals surface area (Å²) in [6, 6.07) is 4.56. The van der Waals surface area contributed by atoms with Crippen molar-refractivity contribution in [2.75, 3.05) is 0 Å². The van der Waals surface area contributed by atoms with Crippen molar-refractivity contribution in [2.45, 2.75) is 19.4 Å². The SMILES string of the molecule is N#CCc1cc(C(F)F)c(C#N)nc1CN. The summed E-state index contributed by atoms with van der Waals surface area (Å²) < 4.78 is 25.1. The van der Waals surface area contributed by atoms with E-state index in [0.29, 0.717) is 11.3 Å². The molecule has 0 atom stereocenters. The molecule has 1 aromatic rings. The van der Waals surface area contributed by atoms with Gasteiger partial charge in [0.2, 0.25) is 0 Å². The third-order valence-corrected chi connectivity index (χ3v) is 2.02. The van der Waals surface area contributed by atoms with Crippen molar-refractivity contribution in [3.8, 4) is 12.1 Å². The van der Waals surface area contributed by atoms with Crippen LogP contribution in [0.1, 0.15) is 28.9 Å². The van der Waals surface area contributed by atoms with Gasteiger partial charge in [-0.2, -0.15) is 10.5 Å². The van der Waals surface area contributed by atoms with E-state index in [0.717, 1.165) is 6.07 Å². The van der Waals surface area contributed by atoms with E-state index in [4.69, 9.17) is 16.3 Å². The molecule has 82 valence electrons. The van der Waals surface area contributed by atoms with Crippen LogP contribution in [0.25, 0.3) is 0 Å². The first-order valence-electron chi connectivity index (χ1n) is 4.42. The monoisotopic (exact) mass is 222 g/mol.